The van der Waals surface area contributed by atoms with E-state index in [0.717, 1.165) is 50.2 Å². The van der Waals surface area contributed by atoms with Crippen molar-refractivity contribution in [2.75, 3.05) is 20.2 Å². The molecule has 5 nitrogen and oxygen atoms in total. The lowest BCUT2D eigenvalue weighted by Crippen LogP contribution is -2.32. The van der Waals surface area contributed by atoms with Crippen LogP contribution in [0.5, 0.6) is 5.75 Å². The number of halogens is 1. The van der Waals surface area contributed by atoms with Crippen LogP contribution in [0.25, 0.3) is 0 Å². The molecule has 0 radical (unpaired) electrons. The van der Waals surface area contributed by atoms with Gasteiger partial charge in [-0.05, 0) is 37.5 Å². The summed E-state index contributed by atoms with van der Waals surface area (Å²) < 4.78 is 21.2. The highest BCUT2D eigenvalue weighted by molar-refractivity contribution is 5.92. The fraction of sp³-hybridized carbons (Fsp3) is 0.524. The largest absolute Gasteiger partial charge is 0.496 e. The van der Waals surface area contributed by atoms with Crippen molar-refractivity contribution in [3.8, 4) is 5.75 Å². The van der Waals surface area contributed by atoms with Crippen LogP contribution in [0.2, 0.25) is 0 Å². The van der Waals surface area contributed by atoms with E-state index in [0.29, 0.717) is 18.0 Å². The molecule has 0 unspecified atom stereocenters. The number of ether oxygens (including phenoxy) is 1. The molecule has 0 N–H and O–H groups in total. The van der Waals surface area contributed by atoms with Crippen LogP contribution >= 0.6 is 0 Å². The summed E-state index contributed by atoms with van der Waals surface area (Å²) in [6, 6.07) is 4.65. The second kappa shape index (κ2) is 8.55. The van der Waals surface area contributed by atoms with Crippen molar-refractivity contribution in [1.82, 2.24) is 14.5 Å². The average molecular weight is 373 g/mol. The Labute approximate surface area is 160 Å². The number of hydrogen-bond acceptors (Lipinski definition) is 3. The number of aryl methyl sites for hydroxylation is 1. The lowest BCUT2D eigenvalue weighted by Gasteiger charge is -2.25. The first-order chi connectivity index (χ1) is 13.1. The summed E-state index contributed by atoms with van der Waals surface area (Å²) in [5, 5.41) is 0. The van der Waals surface area contributed by atoms with E-state index in [2.05, 4.69) is 18.8 Å². The molecule has 1 amide bonds. The summed E-state index contributed by atoms with van der Waals surface area (Å²) in [5.74, 6) is 1.52. The molecular weight excluding hydrogens is 345 g/mol. The lowest BCUT2D eigenvalue weighted by atomic mass is 9.91. The highest BCUT2D eigenvalue weighted by atomic mass is 19.1. The SMILES string of the molecule is CCCN(CCC)C(=O)c1cn2c(n1)CC[C@H](c1cc(F)ccc1OC)C2. The number of rotatable bonds is 7. The number of nitrogens with zero attached hydrogens (tertiary/aromatic N) is 3. The average Bonchev–Trinajstić information content (AvgIpc) is 3.10. The number of hydrogen-bond donors (Lipinski definition) is 0. The van der Waals surface area contributed by atoms with Crippen molar-refractivity contribution in [2.24, 2.45) is 0 Å². The van der Waals surface area contributed by atoms with Gasteiger partial charge >= 0.3 is 0 Å². The summed E-state index contributed by atoms with van der Waals surface area (Å²) in [6.07, 6.45) is 5.34. The third kappa shape index (κ3) is 4.15. The predicted molar refractivity (Wildman–Crippen MR) is 103 cm³/mol. The maximum atomic E-state index is 13.8. The van der Waals surface area contributed by atoms with Crippen molar-refractivity contribution in [1.29, 1.82) is 0 Å². The van der Waals surface area contributed by atoms with Gasteiger partial charge in [0.25, 0.3) is 5.91 Å². The number of amides is 1. The van der Waals surface area contributed by atoms with E-state index < -0.39 is 0 Å². The van der Waals surface area contributed by atoms with Gasteiger partial charge in [0.15, 0.2) is 0 Å². The molecule has 2 aromatic rings. The minimum atomic E-state index is -0.257. The van der Waals surface area contributed by atoms with E-state index in [4.69, 9.17) is 4.74 Å². The monoisotopic (exact) mass is 373 g/mol. The summed E-state index contributed by atoms with van der Waals surface area (Å²) >= 11 is 0. The second-order valence-electron chi connectivity index (χ2n) is 7.11. The van der Waals surface area contributed by atoms with Gasteiger partial charge in [0.05, 0.1) is 7.11 Å². The Morgan fingerprint density at radius 1 is 1.33 bits per heavy atom. The van der Waals surface area contributed by atoms with Crippen LogP contribution in [-0.2, 0) is 13.0 Å². The molecule has 1 aliphatic heterocycles. The molecule has 1 aliphatic rings. The van der Waals surface area contributed by atoms with E-state index in [9.17, 15) is 9.18 Å². The number of carbonyl (C=O) groups is 1. The zero-order valence-corrected chi connectivity index (χ0v) is 16.4. The van der Waals surface area contributed by atoms with Crippen LogP contribution in [0.15, 0.2) is 24.4 Å². The molecule has 6 heteroatoms. The number of carbonyl (C=O) groups excluding carboxylic acids is 1. The molecule has 0 bridgehead atoms. The van der Waals surface area contributed by atoms with Gasteiger partial charge in [-0.3, -0.25) is 4.79 Å². The summed E-state index contributed by atoms with van der Waals surface area (Å²) in [7, 11) is 1.61. The van der Waals surface area contributed by atoms with Gasteiger partial charge in [-0.1, -0.05) is 13.8 Å². The van der Waals surface area contributed by atoms with Gasteiger partial charge in [-0.2, -0.15) is 0 Å². The molecule has 27 heavy (non-hydrogen) atoms. The minimum Gasteiger partial charge on any atom is -0.496 e. The van der Waals surface area contributed by atoms with Crippen molar-refractivity contribution >= 4 is 5.91 Å². The van der Waals surface area contributed by atoms with Crippen molar-refractivity contribution in [3.05, 3.63) is 47.3 Å². The van der Waals surface area contributed by atoms with E-state index in [-0.39, 0.29) is 17.6 Å². The molecule has 3 rings (SSSR count). The van der Waals surface area contributed by atoms with Crippen LogP contribution in [0.4, 0.5) is 4.39 Å². The first-order valence-electron chi connectivity index (χ1n) is 9.76. The van der Waals surface area contributed by atoms with Crippen LogP contribution in [0.1, 0.15) is 60.9 Å². The first kappa shape index (κ1) is 19.4. The lowest BCUT2D eigenvalue weighted by molar-refractivity contribution is 0.0750. The van der Waals surface area contributed by atoms with Crippen molar-refractivity contribution in [2.45, 2.75) is 52.0 Å². The van der Waals surface area contributed by atoms with Gasteiger partial charge in [-0.25, -0.2) is 9.37 Å². The molecule has 0 spiro atoms. The zero-order chi connectivity index (χ0) is 19.4. The molecule has 0 saturated heterocycles. The second-order valence-corrected chi connectivity index (χ2v) is 7.11. The molecule has 146 valence electrons. The fourth-order valence-corrected chi connectivity index (χ4v) is 3.84. The van der Waals surface area contributed by atoms with E-state index in [1.165, 1.54) is 6.07 Å². The standard InChI is InChI=1S/C21H28FN3O2/c1-4-10-24(11-5-2)21(26)18-14-25-13-15(6-9-20(25)23-18)17-12-16(22)7-8-19(17)27-3/h7-8,12,14-15H,4-6,9-11,13H2,1-3H3/t15-/m0/s1. The Morgan fingerprint density at radius 2 is 2.07 bits per heavy atom. The molecular formula is C21H28FN3O2. The summed E-state index contributed by atoms with van der Waals surface area (Å²) in [5.41, 5.74) is 1.39. The molecule has 1 atom stereocenters. The van der Waals surface area contributed by atoms with Gasteiger partial charge in [0.2, 0.25) is 0 Å². The van der Waals surface area contributed by atoms with Crippen LogP contribution in [0.3, 0.4) is 0 Å². The van der Waals surface area contributed by atoms with Crippen molar-refractivity contribution in [3.63, 3.8) is 0 Å². The number of imidazole rings is 1. The van der Waals surface area contributed by atoms with Crippen LogP contribution < -0.4 is 4.74 Å². The Morgan fingerprint density at radius 3 is 2.74 bits per heavy atom. The first-order valence-corrected chi connectivity index (χ1v) is 9.76. The molecule has 1 aromatic carbocycles. The smallest absolute Gasteiger partial charge is 0.274 e. The maximum Gasteiger partial charge on any atom is 0.274 e. The predicted octanol–water partition coefficient (Wildman–Crippen LogP) is 4.02. The maximum absolute atomic E-state index is 13.8. The normalized spacial score (nSPS) is 16.1. The van der Waals surface area contributed by atoms with E-state index in [1.54, 1.807) is 19.2 Å². The van der Waals surface area contributed by atoms with Gasteiger partial charge < -0.3 is 14.2 Å². The summed E-state index contributed by atoms with van der Waals surface area (Å²) in [6.45, 7) is 6.32. The number of aromatic nitrogens is 2. The van der Waals surface area contributed by atoms with Crippen LogP contribution in [0, 0.1) is 5.82 Å². The Bertz CT molecular complexity index is 797. The van der Waals surface area contributed by atoms with Gasteiger partial charge in [-0.15, -0.1) is 0 Å². The molecule has 0 aliphatic carbocycles. The summed E-state index contributed by atoms with van der Waals surface area (Å²) in [4.78, 5) is 19.3. The van der Waals surface area contributed by atoms with Crippen molar-refractivity contribution < 1.29 is 13.9 Å². The number of methoxy groups -OCH3 is 1. The Balaban J connectivity index is 1.81. The molecule has 0 fully saturated rings. The number of fused-ring (bicyclic) bond motifs is 1. The van der Waals surface area contributed by atoms with E-state index in [1.807, 2.05) is 15.7 Å². The molecule has 1 aromatic heterocycles. The Kier molecular flexibility index (Phi) is 6.14. The van der Waals surface area contributed by atoms with Gasteiger partial charge in [0.1, 0.15) is 23.1 Å². The third-order valence-corrected chi connectivity index (χ3v) is 5.12. The fourth-order valence-electron chi connectivity index (χ4n) is 3.84. The molecule has 0 saturated carbocycles. The van der Waals surface area contributed by atoms with Crippen LogP contribution in [-0.4, -0.2) is 40.6 Å². The highest BCUT2D eigenvalue weighted by Gasteiger charge is 2.27. The number of benzene rings is 1. The quantitative estimate of drug-likeness (QED) is 0.736. The topological polar surface area (TPSA) is 47.4 Å². The molecule has 2 heterocycles. The minimum absolute atomic E-state index is 0.000450. The van der Waals surface area contributed by atoms with E-state index >= 15 is 0 Å². The zero-order valence-electron chi connectivity index (χ0n) is 16.4. The van der Waals surface area contributed by atoms with Gasteiger partial charge in [0, 0.05) is 43.7 Å². The highest BCUT2D eigenvalue weighted by Crippen LogP contribution is 2.35. The third-order valence-electron chi connectivity index (χ3n) is 5.12. The Hall–Kier alpha value is -2.37.